The van der Waals surface area contributed by atoms with Gasteiger partial charge in [0.25, 0.3) is 0 Å². The lowest BCUT2D eigenvalue weighted by Gasteiger charge is -2.12. The number of benzene rings is 1. The van der Waals surface area contributed by atoms with Gasteiger partial charge in [0.2, 0.25) is 5.91 Å². The molecule has 0 fully saturated rings. The Morgan fingerprint density at radius 1 is 1.30 bits per heavy atom. The molecule has 0 bridgehead atoms. The number of methoxy groups -OCH3 is 2. The maximum Gasteiger partial charge on any atom is 0.327 e. The second kappa shape index (κ2) is 7.40. The van der Waals surface area contributed by atoms with Crippen molar-refractivity contribution in [2.24, 2.45) is 0 Å². The maximum atomic E-state index is 11.6. The molecule has 0 radical (unpaired) electrons. The Morgan fingerprint density at radius 2 is 1.95 bits per heavy atom. The van der Waals surface area contributed by atoms with Crippen molar-refractivity contribution in [2.75, 3.05) is 19.5 Å². The SMILES string of the molecule is COc1cc(OC)c(NC(=O)CC=CC(=O)O)cc1Cl. The third-order valence-corrected chi connectivity index (χ3v) is 2.61. The lowest BCUT2D eigenvalue weighted by molar-refractivity contribution is -0.131. The summed E-state index contributed by atoms with van der Waals surface area (Å²) in [6, 6.07) is 3.04. The Bertz CT molecular complexity index is 542. The lowest BCUT2D eigenvalue weighted by atomic mass is 10.2. The molecule has 0 atom stereocenters. The standard InChI is InChI=1S/C13H14ClNO5/c1-19-10-7-11(20-2)9(6-8(10)14)15-12(16)4-3-5-13(17)18/h3,5-7H,4H2,1-2H3,(H,15,16)(H,17,18). The van der Waals surface area contributed by atoms with Gasteiger partial charge in [-0.1, -0.05) is 17.7 Å². The Labute approximate surface area is 120 Å². The summed E-state index contributed by atoms with van der Waals surface area (Å²) in [6.45, 7) is 0. The van der Waals surface area contributed by atoms with Crippen molar-refractivity contribution in [3.63, 3.8) is 0 Å². The van der Waals surface area contributed by atoms with Crippen molar-refractivity contribution in [3.05, 3.63) is 29.3 Å². The predicted octanol–water partition coefficient (Wildman–Crippen LogP) is 2.33. The van der Waals surface area contributed by atoms with E-state index in [9.17, 15) is 9.59 Å². The van der Waals surface area contributed by atoms with Crippen molar-refractivity contribution in [3.8, 4) is 11.5 Å². The zero-order chi connectivity index (χ0) is 15.1. The van der Waals surface area contributed by atoms with Crippen LogP contribution in [0.1, 0.15) is 6.42 Å². The summed E-state index contributed by atoms with van der Waals surface area (Å²) in [5, 5.41) is 11.3. The van der Waals surface area contributed by atoms with Crippen molar-refractivity contribution in [1.29, 1.82) is 0 Å². The number of amides is 1. The van der Waals surface area contributed by atoms with Crippen LogP contribution in [0.15, 0.2) is 24.3 Å². The average Bonchev–Trinajstić information content (AvgIpc) is 2.38. The normalized spacial score (nSPS) is 10.3. The third kappa shape index (κ3) is 4.47. The first-order chi connectivity index (χ1) is 9.47. The van der Waals surface area contributed by atoms with E-state index in [1.807, 2.05) is 0 Å². The molecular weight excluding hydrogens is 286 g/mol. The van der Waals surface area contributed by atoms with Crippen LogP contribution in [0.5, 0.6) is 11.5 Å². The molecule has 0 aliphatic rings. The number of nitrogens with one attached hydrogen (secondary N) is 1. The summed E-state index contributed by atoms with van der Waals surface area (Å²) in [7, 11) is 2.91. The van der Waals surface area contributed by atoms with Crippen LogP contribution in [-0.4, -0.2) is 31.2 Å². The number of hydrogen-bond donors (Lipinski definition) is 2. The molecule has 0 aromatic heterocycles. The van der Waals surface area contributed by atoms with Crippen LogP contribution in [-0.2, 0) is 9.59 Å². The minimum absolute atomic E-state index is 0.0703. The molecule has 20 heavy (non-hydrogen) atoms. The topological polar surface area (TPSA) is 84.9 Å². The van der Waals surface area contributed by atoms with Crippen LogP contribution in [0.4, 0.5) is 5.69 Å². The number of anilines is 1. The van der Waals surface area contributed by atoms with E-state index in [1.165, 1.54) is 26.4 Å². The first-order valence-electron chi connectivity index (χ1n) is 5.58. The van der Waals surface area contributed by atoms with Crippen molar-refractivity contribution in [1.82, 2.24) is 0 Å². The van der Waals surface area contributed by atoms with Gasteiger partial charge in [-0.05, 0) is 6.07 Å². The predicted molar refractivity (Wildman–Crippen MR) is 74.6 cm³/mol. The molecule has 0 spiro atoms. The number of carboxylic acid groups (broad SMARTS) is 1. The first kappa shape index (κ1) is 15.8. The number of halogens is 1. The molecule has 2 N–H and O–H groups in total. The van der Waals surface area contributed by atoms with Crippen molar-refractivity contribution >= 4 is 29.2 Å². The fraction of sp³-hybridized carbons (Fsp3) is 0.231. The van der Waals surface area contributed by atoms with Gasteiger partial charge >= 0.3 is 5.97 Å². The fourth-order valence-electron chi connectivity index (χ4n) is 1.43. The largest absolute Gasteiger partial charge is 0.495 e. The number of carbonyl (C=O) groups is 2. The molecule has 1 aromatic carbocycles. The highest BCUT2D eigenvalue weighted by molar-refractivity contribution is 6.32. The number of aliphatic carboxylic acids is 1. The molecule has 0 aliphatic carbocycles. The van der Waals surface area contributed by atoms with E-state index in [1.54, 1.807) is 6.07 Å². The Kier molecular flexibility index (Phi) is 5.86. The number of hydrogen-bond acceptors (Lipinski definition) is 4. The molecule has 0 heterocycles. The zero-order valence-corrected chi connectivity index (χ0v) is 11.7. The highest BCUT2D eigenvalue weighted by Gasteiger charge is 2.11. The summed E-state index contributed by atoms with van der Waals surface area (Å²) in [5.41, 5.74) is 0.382. The van der Waals surface area contributed by atoms with E-state index < -0.39 is 5.97 Å². The van der Waals surface area contributed by atoms with Gasteiger partial charge in [-0.25, -0.2) is 4.79 Å². The van der Waals surface area contributed by atoms with Crippen molar-refractivity contribution < 1.29 is 24.2 Å². The molecule has 1 aromatic rings. The van der Waals surface area contributed by atoms with Crippen LogP contribution < -0.4 is 14.8 Å². The number of ether oxygens (including phenoxy) is 2. The summed E-state index contributed by atoms with van der Waals surface area (Å²) >= 11 is 5.96. The minimum Gasteiger partial charge on any atom is -0.495 e. The van der Waals surface area contributed by atoms with E-state index in [0.717, 1.165) is 6.08 Å². The molecule has 6 nitrogen and oxygen atoms in total. The molecular formula is C13H14ClNO5. The summed E-state index contributed by atoms with van der Waals surface area (Å²) in [4.78, 5) is 21.9. The van der Waals surface area contributed by atoms with Gasteiger partial charge in [-0.15, -0.1) is 0 Å². The molecule has 0 saturated carbocycles. The summed E-state index contributed by atoms with van der Waals surface area (Å²) in [5.74, 6) is -0.681. The second-order valence-corrected chi connectivity index (χ2v) is 4.09. The van der Waals surface area contributed by atoms with Gasteiger partial charge < -0.3 is 19.9 Å². The van der Waals surface area contributed by atoms with E-state index in [2.05, 4.69) is 5.32 Å². The number of carboxylic acids is 1. The monoisotopic (exact) mass is 299 g/mol. The Balaban J connectivity index is 2.83. The zero-order valence-electron chi connectivity index (χ0n) is 11.0. The van der Waals surface area contributed by atoms with E-state index in [4.69, 9.17) is 26.2 Å². The summed E-state index contributed by atoms with van der Waals surface area (Å²) in [6.07, 6.45) is 2.08. The van der Waals surface area contributed by atoms with Gasteiger partial charge in [0, 0.05) is 18.6 Å². The molecule has 7 heteroatoms. The molecule has 0 saturated heterocycles. The van der Waals surface area contributed by atoms with Crippen LogP contribution >= 0.6 is 11.6 Å². The van der Waals surface area contributed by atoms with Gasteiger partial charge in [0.15, 0.2) is 0 Å². The van der Waals surface area contributed by atoms with E-state index in [0.29, 0.717) is 22.2 Å². The molecule has 108 valence electrons. The smallest absolute Gasteiger partial charge is 0.327 e. The molecule has 0 unspecified atom stereocenters. The average molecular weight is 300 g/mol. The van der Waals surface area contributed by atoms with E-state index in [-0.39, 0.29) is 12.3 Å². The van der Waals surface area contributed by atoms with Gasteiger partial charge in [-0.2, -0.15) is 0 Å². The molecule has 1 amide bonds. The van der Waals surface area contributed by atoms with Crippen LogP contribution in [0.2, 0.25) is 5.02 Å². The first-order valence-corrected chi connectivity index (χ1v) is 5.96. The highest BCUT2D eigenvalue weighted by Crippen LogP contribution is 2.35. The Hall–Kier alpha value is -2.21. The Morgan fingerprint density at radius 3 is 2.50 bits per heavy atom. The minimum atomic E-state index is -1.11. The van der Waals surface area contributed by atoms with Gasteiger partial charge in [0.05, 0.1) is 24.9 Å². The number of rotatable bonds is 6. The molecule has 1 rings (SSSR count). The quantitative estimate of drug-likeness (QED) is 0.788. The molecule has 0 aliphatic heterocycles. The van der Waals surface area contributed by atoms with Crippen LogP contribution in [0.3, 0.4) is 0 Å². The van der Waals surface area contributed by atoms with Crippen LogP contribution in [0.25, 0.3) is 0 Å². The second-order valence-electron chi connectivity index (χ2n) is 3.68. The van der Waals surface area contributed by atoms with Crippen molar-refractivity contribution in [2.45, 2.75) is 6.42 Å². The fourth-order valence-corrected chi connectivity index (χ4v) is 1.67. The number of carbonyl (C=O) groups excluding carboxylic acids is 1. The van der Waals surface area contributed by atoms with Crippen LogP contribution in [0, 0.1) is 0 Å². The third-order valence-electron chi connectivity index (χ3n) is 2.31. The van der Waals surface area contributed by atoms with Gasteiger partial charge in [0.1, 0.15) is 11.5 Å². The summed E-state index contributed by atoms with van der Waals surface area (Å²) < 4.78 is 10.2. The van der Waals surface area contributed by atoms with Gasteiger partial charge in [-0.3, -0.25) is 4.79 Å². The maximum absolute atomic E-state index is 11.6. The van der Waals surface area contributed by atoms with E-state index >= 15 is 0 Å². The lowest BCUT2D eigenvalue weighted by Crippen LogP contribution is -2.11. The highest BCUT2D eigenvalue weighted by atomic mass is 35.5.